The molecule has 4 heteroatoms. The predicted octanol–water partition coefficient (Wildman–Crippen LogP) is 3.37. The van der Waals surface area contributed by atoms with Crippen LogP contribution in [0.4, 0.5) is 0 Å². The van der Waals surface area contributed by atoms with Gasteiger partial charge in [0.2, 0.25) is 0 Å². The minimum atomic E-state index is 0.580. The van der Waals surface area contributed by atoms with Crippen molar-refractivity contribution < 1.29 is 9.47 Å². The van der Waals surface area contributed by atoms with Crippen LogP contribution in [0, 0.1) is 6.92 Å². The number of rotatable bonds is 8. The van der Waals surface area contributed by atoms with E-state index in [0.29, 0.717) is 19.8 Å². The zero-order valence-electron chi connectivity index (χ0n) is 12.0. The molecule has 0 bridgehead atoms. The van der Waals surface area contributed by atoms with E-state index in [1.165, 1.54) is 15.3 Å². The fourth-order valence-electron chi connectivity index (χ4n) is 1.91. The Hall–Kier alpha value is -1.36. The van der Waals surface area contributed by atoms with Crippen LogP contribution in [-0.4, -0.2) is 20.3 Å². The Morgan fingerprint density at radius 3 is 2.70 bits per heavy atom. The van der Waals surface area contributed by atoms with Crippen LogP contribution in [0.15, 0.2) is 36.4 Å². The van der Waals surface area contributed by atoms with E-state index in [1.807, 2.05) is 48.7 Å². The van der Waals surface area contributed by atoms with Gasteiger partial charge in [-0.1, -0.05) is 18.2 Å². The molecule has 0 amide bonds. The summed E-state index contributed by atoms with van der Waals surface area (Å²) in [5.41, 5.74) is 1.28. The molecule has 0 atom stereocenters. The van der Waals surface area contributed by atoms with Crippen LogP contribution in [0.1, 0.15) is 15.3 Å². The van der Waals surface area contributed by atoms with Crippen molar-refractivity contribution in [1.82, 2.24) is 5.32 Å². The summed E-state index contributed by atoms with van der Waals surface area (Å²) in [6.07, 6.45) is 0. The Bertz CT molecular complexity index is 510. The maximum Gasteiger partial charge on any atom is 0.119 e. The first-order chi connectivity index (χ1) is 9.79. The molecule has 1 aromatic heterocycles. The van der Waals surface area contributed by atoms with Gasteiger partial charge >= 0.3 is 0 Å². The largest absolute Gasteiger partial charge is 0.491 e. The van der Waals surface area contributed by atoms with Crippen LogP contribution in [0.3, 0.4) is 0 Å². The molecule has 0 radical (unpaired) electrons. The summed E-state index contributed by atoms with van der Waals surface area (Å²) in [6, 6.07) is 12.0. The molecular weight excluding hydrogens is 270 g/mol. The van der Waals surface area contributed by atoms with Crippen LogP contribution < -0.4 is 10.1 Å². The number of para-hydroxylation sites is 1. The van der Waals surface area contributed by atoms with Gasteiger partial charge in [0.05, 0.1) is 13.2 Å². The third kappa shape index (κ3) is 4.63. The molecule has 1 heterocycles. The first-order valence-electron chi connectivity index (χ1n) is 6.78. The first kappa shape index (κ1) is 15.0. The van der Waals surface area contributed by atoms with Crippen LogP contribution >= 0.6 is 11.3 Å². The van der Waals surface area contributed by atoms with Gasteiger partial charge in [-0.15, -0.1) is 11.3 Å². The molecule has 2 aromatic rings. The smallest absolute Gasteiger partial charge is 0.119 e. The van der Waals surface area contributed by atoms with E-state index in [4.69, 9.17) is 9.47 Å². The highest BCUT2D eigenvalue weighted by Gasteiger charge is 2.05. The van der Waals surface area contributed by atoms with Crippen molar-refractivity contribution >= 4 is 11.3 Å². The van der Waals surface area contributed by atoms with E-state index in [2.05, 4.69) is 18.3 Å². The number of nitrogens with one attached hydrogen (secondary N) is 1. The molecule has 0 aliphatic rings. The third-order valence-corrected chi connectivity index (χ3v) is 4.01. The lowest BCUT2D eigenvalue weighted by Gasteiger charge is -2.06. The molecule has 0 saturated heterocycles. The van der Waals surface area contributed by atoms with Gasteiger partial charge in [0, 0.05) is 16.3 Å². The second kappa shape index (κ2) is 8.04. The summed E-state index contributed by atoms with van der Waals surface area (Å²) in [5.74, 6) is 0.888. The summed E-state index contributed by atoms with van der Waals surface area (Å²) in [7, 11) is 1.96. The second-order valence-corrected chi connectivity index (χ2v) is 5.88. The summed E-state index contributed by atoms with van der Waals surface area (Å²) < 4.78 is 11.3. The minimum Gasteiger partial charge on any atom is -0.491 e. The van der Waals surface area contributed by atoms with E-state index in [1.54, 1.807) is 0 Å². The summed E-state index contributed by atoms with van der Waals surface area (Å²) in [4.78, 5) is 2.68. The van der Waals surface area contributed by atoms with Gasteiger partial charge < -0.3 is 14.8 Å². The van der Waals surface area contributed by atoms with Gasteiger partial charge in [-0.2, -0.15) is 0 Å². The van der Waals surface area contributed by atoms with Crippen molar-refractivity contribution in [2.24, 2.45) is 0 Å². The molecule has 0 spiro atoms. The molecule has 1 aromatic carbocycles. The summed E-state index contributed by atoms with van der Waals surface area (Å²) in [6.45, 7) is 4.90. The fourth-order valence-corrected chi connectivity index (χ4v) is 2.97. The van der Waals surface area contributed by atoms with Gasteiger partial charge in [0.25, 0.3) is 0 Å². The lowest BCUT2D eigenvalue weighted by molar-refractivity contribution is 0.0888. The van der Waals surface area contributed by atoms with E-state index < -0.39 is 0 Å². The highest BCUT2D eigenvalue weighted by Crippen LogP contribution is 2.22. The van der Waals surface area contributed by atoms with Gasteiger partial charge in [-0.3, -0.25) is 0 Å². The SMILES string of the molecule is CNCc1cc(COCCOc2ccccc2)c(C)s1. The van der Waals surface area contributed by atoms with Crippen LogP contribution in [0.25, 0.3) is 0 Å². The highest BCUT2D eigenvalue weighted by molar-refractivity contribution is 7.12. The standard InChI is InChI=1S/C16H21NO2S/c1-13-14(10-16(20-13)11-17-2)12-18-8-9-19-15-6-4-3-5-7-15/h3-7,10,17H,8-9,11-12H2,1-2H3. The lowest BCUT2D eigenvalue weighted by atomic mass is 10.2. The Morgan fingerprint density at radius 1 is 1.15 bits per heavy atom. The van der Waals surface area contributed by atoms with Gasteiger partial charge in [0.15, 0.2) is 0 Å². The first-order valence-corrected chi connectivity index (χ1v) is 7.59. The van der Waals surface area contributed by atoms with Gasteiger partial charge in [0.1, 0.15) is 12.4 Å². The van der Waals surface area contributed by atoms with Crippen LogP contribution in [0.2, 0.25) is 0 Å². The Balaban J connectivity index is 1.68. The van der Waals surface area contributed by atoms with Crippen molar-refractivity contribution in [3.8, 4) is 5.75 Å². The molecule has 0 fully saturated rings. The molecular formula is C16H21NO2S. The number of ether oxygens (including phenoxy) is 2. The maximum absolute atomic E-state index is 5.67. The van der Waals surface area contributed by atoms with Gasteiger partial charge in [-0.05, 0) is 37.7 Å². The number of aryl methyl sites for hydroxylation is 1. The number of thiophene rings is 1. The van der Waals surface area contributed by atoms with Crippen molar-refractivity contribution in [2.75, 3.05) is 20.3 Å². The molecule has 20 heavy (non-hydrogen) atoms. The van der Waals surface area contributed by atoms with Crippen molar-refractivity contribution in [1.29, 1.82) is 0 Å². The highest BCUT2D eigenvalue weighted by atomic mass is 32.1. The molecule has 0 saturated carbocycles. The van der Waals surface area contributed by atoms with E-state index >= 15 is 0 Å². The normalized spacial score (nSPS) is 10.7. The van der Waals surface area contributed by atoms with Gasteiger partial charge in [-0.25, -0.2) is 0 Å². The maximum atomic E-state index is 5.67. The minimum absolute atomic E-state index is 0.580. The summed E-state index contributed by atoms with van der Waals surface area (Å²) in [5, 5.41) is 3.17. The molecule has 1 N–H and O–H groups in total. The Labute approximate surface area is 124 Å². The predicted molar refractivity (Wildman–Crippen MR) is 83.4 cm³/mol. The zero-order chi connectivity index (χ0) is 14.2. The molecule has 2 rings (SSSR count). The average Bonchev–Trinajstić information content (AvgIpc) is 2.80. The summed E-state index contributed by atoms with van der Waals surface area (Å²) >= 11 is 1.83. The topological polar surface area (TPSA) is 30.5 Å². The molecule has 3 nitrogen and oxygen atoms in total. The van der Waals surface area contributed by atoms with Crippen LogP contribution in [0.5, 0.6) is 5.75 Å². The zero-order valence-corrected chi connectivity index (χ0v) is 12.8. The number of benzene rings is 1. The second-order valence-electron chi connectivity index (χ2n) is 4.54. The Kier molecular flexibility index (Phi) is 6.05. The van der Waals surface area contributed by atoms with E-state index in [9.17, 15) is 0 Å². The molecule has 0 aliphatic carbocycles. The third-order valence-electron chi connectivity index (χ3n) is 2.92. The number of hydrogen-bond donors (Lipinski definition) is 1. The van der Waals surface area contributed by atoms with E-state index in [0.717, 1.165) is 12.3 Å². The van der Waals surface area contributed by atoms with Crippen LogP contribution in [-0.2, 0) is 17.9 Å². The monoisotopic (exact) mass is 291 g/mol. The van der Waals surface area contributed by atoms with Crippen molar-refractivity contribution in [3.05, 3.63) is 51.7 Å². The lowest BCUT2D eigenvalue weighted by Crippen LogP contribution is -2.06. The van der Waals surface area contributed by atoms with E-state index in [-0.39, 0.29) is 0 Å². The average molecular weight is 291 g/mol. The Morgan fingerprint density at radius 2 is 1.95 bits per heavy atom. The van der Waals surface area contributed by atoms with Crippen molar-refractivity contribution in [3.63, 3.8) is 0 Å². The quantitative estimate of drug-likeness (QED) is 0.756. The molecule has 0 unspecified atom stereocenters. The van der Waals surface area contributed by atoms with Crippen molar-refractivity contribution in [2.45, 2.75) is 20.1 Å². The number of hydrogen-bond acceptors (Lipinski definition) is 4. The fraction of sp³-hybridized carbons (Fsp3) is 0.375. The molecule has 0 aliphatic heterocycles. The molecule has 108 valence electrons.